The molecule has 4 nitrogen and oxygen atoms in total. The van der Waals surface area contributed by atoms with Crippen molar-refractivity contribution in [2.45, 2.75) is 19.0 Å². The molecule has 1 aliphatic heterocycles. The van der Waals surface area contributed by atoms with Gasteiger partial charge in [-0.15, -0.1) is 0 Å². The van der Waals surface area contributed by atoms with E-state index in [9.17, 15) is 4.39 Å². The van der Waals surface area contributed by atoms with Gasteiger partial charge in [0, 0.05) is 17.4 Å². The molecule has 0 amide bonds. The van der Waals surface area contributed by atoms with Crippen LogP contribution in [-0.4, -0.2) is 10.1 Å². The van der Waals surface area contributed by atoms with Crippen molar-refractivity contribution in [1.82, 2.24) is 10.3 Å². The number of aromatic nitrogens is 1. The Bertz CT molecular complexity index is 1230. The number of benzene rings is 2. The van der Waals surface area contributed by atoms with E-state index in [0.29, 0.717) is 10.7 Å². The summed E-state index contributed by atoms with van der Waals surface area (Å²) in [6.45, 7) is 1.75. The monoisotopic (exact) mass is 429 g/mol. The van der Waals surface area contributed by atoms with E-state index >= 15 is 0 Å². The number of nitrogens with one attached hydrogen (secondary N) is 1. The van der Waals surface area contributed by atoms with Crippen LogP contribution in [0.25, 0.3) is 11.3 Å². The van der Waals surface area contributed by atoms with E-state index in [4.69, 9.17) is 16.6 Å². The maximum atomic E-state index is 13.9. The van der Waals surface area contributed by atoms with Gasteiger partial charge >= 0.3 is 0 Å². The molecule has 1 fully saturated rings. The lowest BCUT2D eigenvalue weighted by Gasteiger charge is -2.26. The van der Waals surface area contributed by atoms with Crippen LogP contribution in [-0.2, 0) is 0 Å². The molecule has 0 radical (unpaired) electrons. The molecule has 0 aliphatic carbocycles. The molecule has 1 N–H and O–H groups in total. The summed E-state index contributed by atoms with van der Waals surface area (Å²) < 4.78 is 20.3. The topological polar surface area (TPSA) is 41.3 Å². The summed E-state index contributed by atoms with van der Waals surface area (Å²) in [7, 11) is 0. The summed E-state index contributed by atoms with van der Waals surface area (Å²) >= 11 is 5.70. The number of rotatable bonds is 4. The average molecular weight is 430 g/mol. The summed E-state index contributed by atoms with van der Waals surface area (Å²) in [5, 5.41) is 3.94. The highest BCUT2D eigenvalue weighted by Crippen LogP contribution is 2.43. The minimum atomic E-state index is -0.273. The number of nitrogens with zero attached hydrogens (tertiary/aromatic N) is 2. The van der Waals surface area contributed by atoms with Crippen molar-refractivity contribution in [2.24, 2.45) is 0 Å². The molecular formula is C25H20FN3OS. The average Bonchev–Trinajstić information content (AvgIpc) is 3.41. The lowest BCUT2D eigenvalue weighted by Crippen LogP contribution is -2.29. The highest BCUT2D eigenvalue weighted by molar-refractivity contribution is 7.80. The molecule has 3 heterocycles. The van der Waals surface area contributed by atoms with Crippen LogP contribution >= 0.6 is 12.2 Å². The molecule has 5 rings (SSSR count). The molecule has 0 spiro atoms. The van der Waals surface area contributed by atoms with Gasteiger partial charge in [-0.05, 0) is 67.2 Å². The van der Waals surface area contributed by atoms with Gasteiger partial charge < -0.3 is 14.6 Å². The lowest BCUT2D eigenvalue weighted by molar-refractivity contribution is 0.439. The zero-order valence-electron chi connectivity index (χ0n) is 16.8. The standard InChI is InChI=1S/C25H20FN3OS/c1-16-15-18(10-11-19(16)26)29-24(23(28-25(29)31)20-9-5-6-14-27-20)22-13-12-21(30-22)17-7-3-2-4-8-17/h2-15,23-24H,1H3,(H,28,31)/t23-,24+/m1/s1. The number of hydrogen-bond donors (Lipinski definition) is 1. The largest absolute Gasteiger partial charge is 0.459 e. The molecule has 31 heavy (non-hydrogen) atoms. The lowest BCUT2D eigenvalue weighted by atomic mass is 10.0. The summed E-state index contributed by atoms with van der Waals surface area (Å²) in [6, 6.07) is 24.2. The SMILES string of the molecule is Cc1cc(N2C(=S)N[C@H](c3ccccn3)[C@@H]2c2ccc(-c3ccccc3)o2)ccc1F. The molecule has 0 unspecified atom stereocenters. The second-order valence-corrected chi connectivity index (χ2v) is 7.88. The van der Waals surface area contributed by atoms with Crippen LogP contribution in [0.2, 0.25) is 0 Å². The zero-order valence-corrected chi connectivity index (χ0v) is 17.6. The zero-order chi connectivity index (χ0) is 21.4. The number of hydrogen-bond acceptors (Lipinski definition) is 3. The fraction of sp³-hybridized carbons (Fsp3) is 0.120. The maximum Gasteiger partial charge on any atom is 0.174 e. The Labute approximate surface area is 185 Å². The number of aryl methyl sites for hydroxylation is 1. The second kappa shape index (κ2) is 7.96. The molecule has 2 aromatic carbocycles. The van der Waals surface area contributed by atoms with E-state index in [1.807, 2.05) is 65.6 Å². The predicted molar refractivity (Wildman–Crippen MR) is 123 cm³/mol. The first-order valence-electron chi connectivity index (χ1n) is 10.0. The van der Waals surface area contributed by atoms with Crippen LogP contribution in [0.4, 0.5) is 10.1 Å². The Kier molecular flexibility index (Phi) is 5.00. The van der Waals surface area contributed by atoms with Crippen LogP contribution in [0.1, 0.15) is 29.1 Å². The Balaban J connectivity index is 1.61. The van der Waals surface area contributed by atoms with Gasteiger partial charge in [-0.2, -0.15) is 0 Å². The molecule has 2 atom stereocenters. The third-order valence-corrected chi connectivity index (χ3v) is 5.81. The smallest absolute Gasteiger partial charge is 0.174 e. The molecule has 1 saturated heterocycles. The van der Waals surface area contributed by atoms with E-state index in [1.165, 1.54) is 6.07 Å². The van der Waals surface area contributed by atoms with Crippen LogP contribution in [0, 0.1) is 12.7 Å². The van der Waals surface area contributed by atoms with Gasteiger partial charge in [0.15, 0.2) is 5.11 Å². The summed E-state index contributed by atoms with van der Waals surface area (Å²) in [5.41, 5.74) is 3.22. The Morgan fingerprint density at radius 1 is 1.00 bits per heavy atom. The highest BCUT2D eigenvalue weighted by Gasteiger charge is 2.42. The number of furan rings is 1. The van der Waals surface area contributed by atoms with E-state index in [1.54, 1.807) is 25.3 Å². The van der Waals surface area contributed by atoms with Crippen LogP contribution in [0.15, 0.2) is 89.5 Å². The van der Waals surface area contributed by atoms with Crippen molar-refractivity contribution in [3.63, 3.8) is 0 Å². The summed E-state index contributed by atoms with van der Waals surface area (Å²) in [5.74, 6) is 1.29. The van der Waals surface area contributed by atoms with Gasteiger partial charge in [0.1, 0.15) is 23.4 Å². The third-order valence-electron chi connectivity index (χ3n) is 5.49. The molecule has 6 heteroatoms. The van der Waals surface area contributed by atoms with Gasteiger partial charge in [-0.1, -0.05) is 36.4 Å². The molecular weight excluding hydrogens is 409 g/mol. The highest BCUT2D eigenvalue weighted by atomic mass is 32.1. The van der Waals surface area contributed by atoms with Crippen molar-refractivity contribution in [1.29, 1.82) is 0 Å². The summed E-state index contributed by atoms with van der Waals surface area (Å²) in [4.78, 5) is 6.53. The molecule has 0 bridgehead atoms. The first-order valence-corrected chi connectivity index (χ1v) is 10.4. The molecule has 4 aromatic rings. The first kappa shape index (κ1) is 19.5. The van der Waals surface area contributed by atoms with Gasteiger partial charge in [-0.25, -0.2) is 4.39 Å². The van der Waals surface area contributed by atoms with Crippen molar-refractivity contribution in [3.8, 4) is 11.3 Å². The Hall–Kier alpha value is -3.51. The van der Waals surface area contributed by atoms with Crippen LogP contribution in [0.5, 0.6) is 0 Å². The van der Waals surface area contributed by atoms with Crippen molar-refractivity contribution >= 4 is 23.0 Å². The van der Waals surface area contributed by atoms with E-state index < -0.39 is 0 Å². The molecule has 1 aliphatic rings. The van der Waals surface area contributed by atoms with Crippen LogP contribution < -0.4 is 10.2 Å². The minimum Gasteiger partial charge on any atom is -0.459 e. The summed E-state index contributed by atoms with van der Waals surface area (Å²) in [6.07, 6.45) is 1.76. The number of anilines is 1. The van der Waals surface area contributed by atoms with Crippen molar-refractivity contribution in [3.05, 3.63) is 108 Å². The quantitative estimate of drug-likeness (QED) is 0.405. The minimum absolute atomic E-state index is 0.214. The predicted octanol–water partition coefficient (Wildman–Crippen LogP) is 5.97. The van der Waals surface area contributed by atoms with E-state index in [-0.39, 0.29) is 17.9 Å². The van der Waals surface area contributed by atoms with Gasteiger partial charge in [0.2, 0.25) is 0 Å². The van der Waals surface area contributed by atoms with E-state index in [0.717, 1.165) is 28.5 Å². The normalized spacial score (nSPS) is 18.3. The maximum absolute atomic E-state index is 13.9. The number of pyridine rings is 1. The molecule has 154 valence electrons. The third kappa shape index (κ3) is 3.59. The van der Waals surface area contributed by atoms with Crippen molar-refractivity contribution in [2.75, 3.05) is 4.90 Å². The van der Waals surface area contributed by atoms with Crippen molar-refractivity contribution < 1.29 is 8.81 Å². The molecule has 2 aromatic heterocycles. The van der Waals surface area contributed by atoms with Gasteiger partial charge in [-0.3, -0.25) is 4.98 Å². The van der Waals surface area contributed by atoms with E-state index in [2.05, 4.69) is 10.3 Å². The molecule has 0 saturated carbocycles. The first-order chi connectivity index (χ1) is 15.1. The Morgan fingerprint density at radius 2 is 1.81 bits per heavy atom. The number of halogens is 1. The Morgan fingerprint density at radius 3 is 2.55 bits per heavy atom. The van der Waals surface area contributed by atoms with Crippen LogP contribution in [0.3, 0.4) is 0 Å². The number of thiocarbonyl (C=S) groups is 1. The second-order valence-electron chi connectivity index (χ2n) is 7.50. The van der Waals surface area contributed by atoms with Gasteiger partial charge in [0.25, 0.3) is 0 Å². The fourth-order valence-corrected chi connectivity index (χ4v) is 4.32. The van der Waals surface area contributed by atoms with Gasteiger partial charge in [0.05, 0.1) is 11.7 Å². The fourth-order valence-electron chi connectivity index (χ4n) is 3.97.